The Morgan fingerprint density at radius 2 is 1.74 bits per heavy atom. The third-order valence-electron chi connectivity index (χ3n) is 4.34. The van der Waals surface area contributed by atoms with Gasteiger partial charge in [-0.05, 0) is 71.9 Å². The van der Waals surface area contributed by atoms with E-state index in [-0.39, 0.29) is 0 Å². The first kappa shape index (κ1) is 16.9. The van der Waals surface area contributed by atoms with Crippen molar-refractivity contribution in [2.24, 2.45) is 5.41 Å². The van der Waals surface area contributed by atoms with Gasteiger partial charge in [0, 0.05) is 13.1 Å². The lowest BCUT2D eigenvalue weighted by Gasteiger charge is -2.34. The molecule has 1 saturated carbocycles. The van der Waals surface area contributed by atoms with Crippen molar-refractivity contribution in [3.63, 3.8) is 0 Å². The largest absolute Gasteiger partial charge is 0.316 e. The van der Waals surface area contributed by atoms with Gasteiger partial charge in [0.1, 0.15) is 0 Å². The van der Waals surface area contributed by atoms with Crippen LogP contribution in [0.25, 0.3) is 0 Å². The van der Waals surface area contributed by atoms with Crippen molar-refractivity contribution >= 4 is 0 Å². The maximum atomic E-state index is 3.66. The van der Waals surface area contributed by atoms with Crippen LogP contribution in [0.5, 0.6) is 0 Å². The molecule has 0 radical (unpaired) electrons. The van der Waals surface area contributed by atoms with Gasteiger partial charge in [0.2, 0.25) is 0 Å². The van der Waals surface area contributed by atoms with Crippen molar-refractivity contribution in [2.75, 3.05) is 53.9 Å². The summed E-state index contributed by atoms with van der Waals surface area (Å²) in [7, 11) is 6.62. The standard InChI is InChI=1S/C16H35N3/c1-5-11-17-14-16(9-6-7-10-16)15-19(4)13-8-12-18(2)3/h17H,5-15H2,1-4H3. The van der Waals surface area contributed by atoms with Gasteiger partial charge in [0.15, 0.2) is 0 Å². The number of nitrogens with one attached hydrogen (secondary N) is 1. The molecule has 0 aromatic carbocycles. The highest BCUT2D eigenvalue weighted by molar-refractivity contribution is 4.89. The molecule has 19 heavy (non-hydrogen) atoms. The van der Waals surface area contributed by atoms with Gasteiger partial charge < -0.3 is 15.1 Å². The smallest absolute Gasteiger partial charge is 0.00471 e. The molecule has 114 valence electrons. The highest BCUT2D eigenvalue weighted by Gasteiger charge is 2.34. The Labute approximate surface area is 120 Å². The predicted molar refractivity (Wildman–Crippen MR) is 84.7 cm³/mol. The fourth-order valence-electron chi connectivity index (χ4n) is 3.35. The molecule has 1 rings (SSSR count). The lowest BCUT2D eigenvalue weighted by Crippen LogP contribution is -2.42. The Balaban J connectivity index is 2.31. The average Bonchev–Trinajstić information content (AvgIpc) is 2.77. The van der Waals surface area contributed by atoms with Crippen LogP contribution < -0.4 is 5.32 Å². The monoisotopic (exact) mass is 269 g/mol. The van der Waals surface area contributed by atoms with Gasteiger partial charge in [-0.15, -0.1) is 0 Å². The normalized spacial score (nSPS) is 18.6. The third kappa shape index (κ3) is 6.73. The van der Waals surface area contributed by atoms with E-state index in [0.29, 0.717) is 5.41 Å². The first-order valence-corrected chi connectivity index (χ1v) is 8.12. The lowest BCUT2D eigenvalue weighted by molar-refractivity contribution is 0.168. The van der Waals surface area contributed by atoms with Crippen LogP contribution >= 0.6 is 0 Å². The van der Waals surface area contributed by atoms with E-state index in [9.17, 15) is 0 Å². The molecule has 0 spiro atoms. The van der Waals surface area contributed by atoms with Gasteiger partial charge in [-0.3, -0.25) is 0 Å². The van der Waals surface area contributed by atoms with Gasteiger partial charge in [0.25, 0.3) is 0 Å². The molecule has 0 unspecified atom stereocenters. The summed E-state index contributed by atoms with van der Waals surface area (Å²) in [6.45, 7) is 8.35. The summed E-state index contributed by atoms with van der Waals surface area (Å²) in [4.78, 5) is 4.84. The van der Waals surface area contributed by atoms with Crippen LogP contribution in [0.2, 0.25) is 0 Å². The van der Waals surface area contributed by atoms with E-state index in [1.807, 2.05) is 0 Å². The van der Waals surface area contributed by atoms with Gasteiger partial charge in [-0.2, -0.15) is 0 Å². The molecule has 0 amide bonds. The first-order chi connectivity index (χ1) is 9.08. The number of rotatable bonds is 10. The second kappa shape index (κ2) is 8.93. The fourth-order valence-corrected chi connectivity index (χ4v) is 3.35. The molecule has 0 atom stereocenters. The minimum atomic E-state index is 0.558. The Bertz CT molecular complexity index is 222. The van der Waals surface area contributed by atoms with Gasteiger partial charge >= 0.3 is 0 Å². The number of hydrogen-bond acceptors (Lipinski definition) is 3. The quantitative estimate of drug-likeness (QED) is 0.615. The molecule has 1 aliphatic rings. The van der Waals surface area contributed by atoms with E-state index in [1.54, 1.807) is 0 Å². The third-order valence-corrected chi connectivity index (χ3v) is 4.34. The molecule has 3 heteroatoms. The molecule has 0 aliphatic heterocycles. The minimum absolute atomic E-state index is 0.558. The van der Waals surface area contributed by atoms with E-state index in [4.69, 9.17) is 0 Å². The molecule has 0 aromatic rings. The highest BCUT2D eigenvalue weighted by Crippen LogP contribution is 2.38. The number of nitrogens with zero attached hydrogens (tertiary/aromatic N) is 2. The predicted octanol–water partition coefficient (Wildman–Crippen LogP) is 2.43. The van der Waals surface area contributed by atoms with Crippen LogP contribution in [0.15, 0.2) is 0 Å². The Hall–Kier alpha value is -0.120. The van der Waals surface area contributed by atoms with Crippen LogP contribution in [-0.2, 0) is 0 Å². The zero-order chi connectivity index (χ0) is 14.1. The number of hydrogen-bond donors (Lipinski definition) is 1. The Morgan fingerprint density at radius 3 is 2.32 bits per heavy atom. The molecular weight excluding hydrogens is 234 g/mol. The van der Waals surface area contributed by atoms with Gasteiger partial charge in [-0.1, -0.05) is 19.8 Å². The summed E-state index contributed by atoms with van der Waals surface area (Å²) in [5.41, 5.74) is 0.558. The molecule has 0 aromatic heterocycles. The molecule has 3 nitrogen and oxygen atoms in total. The zero-order valence-corrected chi connectivity index (χ0v) is 13.7. The fraction of sp³-hybridized carbons (Fsp3) is 1.00. The van der Waals surface area contributed by atoms with Crippen LogP contribution in [0.1, 0.15) is 45.4 Å². The lowest BCUT2D eigenvalue weighted by atomic mass is 9.85. The van der Waals surface area contributed by atoms with E-state index in [2.05, 4.69) is 43.2 Å². The van der Waals surface area contributed by atoms with Crippen molar-refractivity contribution in [3.8, 4) is 0 Å². The summed E-state index contributed by atoms with van der Waals surface area (Å²) < 4.78 is 0. The minimum Gasteiger partial charge on any atom is -0.316 e. The molecule has 1 fully saturated rings. The zero-order valence-electron chi connectivity index (χ0n) is 13.7. The first-order valence-electron chi connectivity index (χ1n) is 8.12. The average molecular weight is 269 g/mol. The molecule has 0 heterocycles. The van der Waals surface area contributed by atoms with Crippen LogP contribution in [0, 0.1) is 5.41 Å². The van der Waals surface area contributed by atoms with E-state index in [0.717, 1.165) is 0 Å². The second-order valence-corrected chi connectivity index (χ2v) is 6.78. The van der Waals surface area contributed by atoms with Crippen molar-refractivity contribution in [2.45, 2.75) is 45.4 Å². The van der Waals surface area contributed by atoms with Crippen molar-refractivity contribution in [3.05, 3.63) is 0 Å². The Kier molecular flexibility index (Phi) is 7.96. The summed E-state index contributed by atoms with van der Waals surface area (Å²) in [6.07, 6.45) is 8.22. The van der Waals surface area contributed by atoms with Crippen molar-refractivity contribution < 1.29 is 0 Å². The molecule has 1 N–H and O–H groups in total. The maximum Gasteiger partial charge on any atom is 0.00471 e. The summed E-state index contributed by atoms with van der Waals surface area (Å²) in [6, 6.07) is 0. The maximum absolute atomic E-state index is 3.66. The van der Waals surface area contributed by atoms with Crippen LogP contribution in [-0.4, -0.2) is 63.7 Å². The molecule has 1 aliphatic carbocycles. The van der Waals surface area contributed by atoms with Crippen LogP contribution in [0.4, 0.5) is 0 Å². The SMILES string of the molecule is CCCNCC1(CN(C)CCCN(C)C)CCCC1. The van der Waals surface area contributed by atoms with Crippen molar-refractivity contribution in [1.82, 2.24) is 15.1 Å². The van der Waals surface area contributed by atoms with Crippen molar-refractivity contribution in [1.29, 1.82) is 0 Å². The van der Waals surface area contributed by atoms with Crippen LogP contribution in [0.3, 0.4) is 0 Å². The van der Waals surface area contributed by atoms with Gasteiger partial charge in [0.05, 0.1) is 0 Å². The van der Waals surface area contributed by atoms with Gasteiger partial charge in [-0.25, -0.2) is 0 Å². The topological polar surface area (TPSA) is 18.5 Å². The molecule has 0 bridgehead atoms. The highest BCUT2D eigenvalue weighted by atomic mass is 15.1. The summed E-state index contributed by atoms with van der Waals surface area (Å²) >= 11 is 0. The summed E-state index contributed by atoms with van der Waals surface area (Å²) in [5.74, 6) is 0. The van der Waals surface area contributed by atoms with E-state index >= 15 is 0 Å². The molecular formula is C16H35N3. The Morgan fingerprint density at radius 1 is 1.05 bits per heavy atom. The molecule has 0 saturated heterocycles. The second-order valence-electron chi connectivity index (χ2n) is 6.78. The summed E-state index contributed by atoms with van der Waals surface area (Å²) in [5, 5.41) is 3.66. The van der Waals surface area contributed by atoms with E-state index < -0.39 is 0 Å². The van der Waals surface area contributed by atoms with E-state index in [1.165, 1.54) is 71.2 Å².